The van der Waals surface area contributed by atoms with Gasteiger partial charge in [0.25, 0.3) is 0 Å². The first-order chi connectivity index (χ1) is 8.20. The highest BCUT2D eigenvalue weighted by Crippen LogP contribution is 2.19. The van der Waals surface area contributed by atoms with E-state index in [-0.39, 0.29) is 6.10 Å². The molecule has 0 bridgehead atoms. The Morgan fingerprint density at radius 2 is 1.76 bits per heavy atom. The Morgan fingerprint density at radius 1 is 1.06 bits per heavy atom. The molecule has 0 saturated carbocycles. The van der Waals surface area contributed by atoms with Crippen molar-refractivity contribution in [2.75, 3.05) is 0 Å². The quantitative estimate of drug-likeness (QED) is 0.844. The third-order valence-corrected chi connectivity index (χ3v) is 3.56. The Hall–Kier alpha value is -1.34. The molecule has 0 radical (unpaired) electrons. The zero-order valence-electron chi connectivity index (χ0n) is 10.6. The van der Waals surface area contributed by atoms with Crippen LogP contribution in [-0.4, -0.2) is 11.2 Å². The summed E-state index contributed by atoms with van der Waals surface area (Å²) in [5.74, 6) is 0.362. The van der Waals surface area contributed by atoms with E-state index in [9.17, 15) is 5.11 Å². The van der Waals surface area contributed by atoms with Crippen LogP contribution in [0.1, 0.15) is 25.8 Å². The van der Waals surface area contributed by atoms with Gasteiger partial charge in [-0.25, -0.2) is 0 Å². The molecule has 90 valence electrons. The average molecular weight is 228 g/mol. The van der Waals surface area contributed by atoms with Crippen LogP contribution >= 0.6 is 0 Å². The van der Waals surface area contributed by atoms with Crippen molar-refractivity contribution in [3.05, 3.63) is 48.0 Å². The number of hydrogen-bond acceptors (Lipinski definition) is 1. The molecule has 2 aromatic rings. The highest BCUT2D eigenvalue weighted by Gasteiger charge is 2.12. The van der Waals surface area contributed by atoms with Gasteiger partial charge < -0.3 is 5.11 Å². The normalized spacial score (nSPS) is 14.8. The summed E-state index contributed by atoms with van der Waals surface area (Å²) in [6, 6.07) is 14.8. The number of aliphatic hydroxyl groups excluding tert-OH is 1. The highest BCUT2D eigenvalue weighted by atomic mass is 16.3. The summed E-state index contributed by atoms with van der Waals surface area (Å²) in [6.45, 7) is 4.22. The van der Waals surface area contributed by atoms with Crippen LogP contribution in [0.25, 0.3) is 10.8 Å². The van der Waals surface area contributed by atoms with Crippen LogP contribution in [0.15, 0.2) is 42.5 Å². The zero-order valence-corrected chi connectivity index (χ0v) is 10.6. The fraction of sp³-hybridized carbons (Fsp3) is 0.375. The first-order valence-electron chi connectivity index (χ1n) is 6.36. The monoisotopic (exact) mass is 228 g/mol. The Kier molecular flexibility index (Phi) is 3.80. The highest BCUT2D eigenvalue weighted by molar-refractivity contribution is 5.82. The number of hydrogen-bond donors (Lipinski definition) is 1. The fourth-order valence-corrected chi connectivity index (χ4v) is 2.08. The van der Waals surface area contributed by atoms with Gasteiger partial charge in [0.05, 0.1) is 6.10 Å². The second-order valence-corrected chi connectivity index (χ2v) is 4.84. The van der Waals surface area contributed by atoms with E-state index in [2.05, 4.69) is 56.3 Å². The van der Waals surface area contributed by atoms with Crippen molar-refractivity contribution >= 4 is 10.8 Å². The Balaban J connectivity index is 2.19. The van der Waals surface area contributed by atoms with Crippen LogP contribution in [-0.2, 0) is 6.42 Å². The van der Waals surface area contributed by atoms with Crippen LogP contribution < -0.4 is 0 Å². The number of fused-ring (bicyclic) bond motifs is 1. The van der Waals surface area contributed by atoms with Crippen LogP contribution in [0.4, 0.5) is 0 Å². The molecule has 0 fully saturated rings. The number of rotatable bonds is 4. The van der Waals surface area contributed by atoms with E-state index >= 15 is 0 Å². The van der Waals surface area contributed by atoms with Gasteiger partial charge in [-0.3, -0.25) is 0 Å². The van der Waals surface area contributed by atoms with Gasteiger partial charge in [0.15, 0.2) is 0 Å². The van der Waals surface area contributed by atoms with Crippen molar-refractivity contribution in [2.24, 2.45) is 5.92 Å². The molecule has 1 heteroatoms. The topological polar surface area (TPSA) is 20.2 Å². The Bertz CT molecular complexity index is 490. The van der Waals surface area contributed by atoms with Gasteiger partial charge >= 0.3 is 0 Å². The molecule has 2 unspecified atom stereocenters. The van der Waals surface area contributed by atoms with E-state index in [4.69, 9.17) is 0 Å². The first kappa shape index (κ1) is 12.1. The zero-order chi connectivity index (χ0) is 12.3. The lowest BCUT2D eigenvalue weighted by molar-refractivity contribution is 0.115. The van der Waals surface area contributed by atoms with Gasteiger partial charge in [-0.2, -0.15) is 0 Å². The molecule has 0 aliphatic rings. The lowest BCUT2D eigenvalue weighted by Gasteiger charge is -2.17. The van der Waals surface area contributed by atoms with E-state index in [0.29, 0.717) is 5.92 Å². The van der Waals surface area contributed by atoms with Crippen LogP contribution in [0.3, 0.4) is 0 Å². The van der Waals surface area contributed by atoms with E-state index in [0.717, 1.165) is 12.8 Å². The molecule has 17 heavy (non-hydrogen) atoms. The Labute approximate surface area is 103 Å². The predicted octanol–water partition coefficient (Wildman–Crippen LogP) is 3.79. The van der Waals surface area contributed by atoms with E-state index in [1.807, 2.05) is 0 Å². The maximum atomic E-state index is 10.0. The van der Waals surface area contributed by atoms with E-state index in [1.165, 1.54) is 16.3 Å². The predicted molar refractivity (Wildman–Crippen MR) is 73.1 cm³/mol. The van der Waals surface area contributed by atoms with Crippen molar-refractivity contribution < 1.29 is 5.11 Å². The molecule has 2 aromatic carbocycles. The molecule has 0 spiro atoms. The molecule has 2 atom stereocenters. The molecule has 1 nitrogen and oxygen atoms in total. The molecule has 0 saturated heterocycles. The Morgan fingerprint density at radius 3 is 2.47 bits per heavy atom. The van der Waals surface area contributed by atoms with Crippen LogP contribution in [0.5, 0.6) is 0 Å². The van der Waals surface area contributed by atoms with E-state index < -0.39 is 0 Å². The van der Waals surface area contributed by atoms with Gasteiger partial charge in [0, 0.05) is 0 Å². The second kappa shape index (κ2) is 5.33. The molecule has 2 rings (SSSR count). The summed E-state index contributed by atoms with van der Waals surface area (Å²) in [5, 5.41) is 12.6. The van der Waals surface area contributed by atoms with Crippen LogP contribution in [0, 0.1) is 5.92 Å². The summed E-state index contributed by atoms with van der Waals surface area (Å²) in [6.07, 6.45) is 1.54. The molecular weight excluding hydrogens is 208 g/mol. The van der Waals surface area contributed by atoms with Gasteiger partial charge in [-0.1, -0.05) is 62.7 Å². The maximum absolute atomic E-state index is 10.0. The van der Waals surface area contributed by atoms with Crippen molar-refractivity contribution in [3.63, 3.8) is 0 Å². The van der Waals surface area contributed by atoms with Crippen molar-refractivity contribution in [1.29, 1.82) is 0 Å². The fourth-order valence-electron chi connectivity index (χ4n) is 2.08. The molecule has 0 aliphatic heterocycles. The van der Waals surface area contributed by atoms with Gasteiger partial charge in [0.1, 0.15) is 0 Å². The van der Waals surface area contributed by atoms with Gasteiger partial charge in [0.2, 0.25) is 0 Å². The minimum absolute atomic E-state index is 0.235. The standard InChI is InChI=1S/C16H20O/c1-3-12(2)16(17)11-13-8-9-14-6-4-5-7-15(14)10-13/h4-10,12,16-17H,3,11H2,1-2H3. The smallest absolute Gasteiger partial charge is 0.0605 e. The molecular formula is C16H20O. The number of benzene rings is 2. The van der Waals surface area contributed by atoms with Crippen molar-refractivity contribution in [2.45, 2.75) is 32.8 Å². The minimum Gasteiger partial charge on any atom is -0.393 e. The molecule has 0 aliphatic carbocycles. The first-order valence-corrected chi connectivity index (χ1v) is 6.36. The minimum atomic E-state index is -0.235. The molecule has 0 aromatic heterocycles. The summed E-state index contributed by atoms with van der Waals surface area (Å²) < 4.78 is 0. The molecule has 1 N–H and O–H groups in total. The lowest BCUT2D eigenvalue weighted by atomic mass is 9.94. The van der Waals surface area contributed by atoms with Gasteiger partial charge in [-0.05, 0) is 28.7 Å². The molecule has 0 heterocycles. The lowest BCUT2D eigenvalue weighted by Crippen LogP contribution is -2.19. The summed E-state index contributed by atoms with van der Waals surface area (Å²) >= 11 is 0. The molecule has 0 amide bonds. The van der Waals surface area contributed by atoms with Crippen LogP contribution in [0.2, 0.25) is 0 Å². The van der Waals surface area contributed by atoms with Crippen molar-refractivity contribution in [1.82, 2.24) is 0 Å². The summed E-state index contributed by atoms with van der Waals surface area (Å²) in [4.78, 5) is 0. The maximum Gasteiger partial charge on any atom is 0.0605 e. The van der Waals surface area contributed by atoms with E-state index in [1.54, 1.807) is 0 Å². The van der Waals surface area contributed by atoms with Gasteiger partial charge in [-0.15, -0.1) is 0 Å². The van der Waals surface area contributed by atoms with Crippen molar-refractivity contribution in [3.8, 4) is 0 Å². The number of aliphatic hydroxyl groups is 1. The SMILES string of the molecule is CCC(C)C(O)Cc1ccc2ccccc2c1. The largest absolute Gasteiger partial charge is 0.393 e. The third kappa shape index (κ3) is 2.86. The average Bonchev–Trinajstić information content (AvgIpc) is 2.37. The summed E-state index contributed by atoms with van der Waals surface area (Å²) in [7, 11) is 0. The third-order valence-electron chi connectivity index (χ3n) is 3.56. The summed E-state index contributed by atoms with van der Waals surface area (Å²) in [5.41, 5.74) is 1.22. The second-order valence-electron chi connectivity index (χ2n) is 4.84.